The van der Waals surface area contributed by atoms with Crippen molar-refractivity contribution >= 4 is 35.1 Å². The Morgan fingerprint density at radius 2 is 1.76 bits per heavy atom. The molecule has 3 aliphatic carbocycles. The van der Waals surface area contributed by atoms with E-state index in [1.54, 1.807) is 6.07 Å². The average molecular weight is 358 g/mol. The summed E-state index contributed by atoms with van der Waals surface area (Å²) in [6.45, 7) is 0. The summed E-state index contributed by atoms with van der Waals surface area (Å²) in [5.41, 5.74) is 0.710. The molecule has 4 atom stereocenters. The van der Waals surface area contributed by atoms with Crippen molar-refractivity contribution in [1.82, 2.24) is 0 Å². The number of benzene rings is 1. The van der Waals surface area contributed by atoms with E-state index in [9.17, 15) is 14.4 Å². The molecule has 1 aromatic carbocycles. The molecular weight excluding hydrogens is 342 g/mol. The maximum atomic E-state index is 13.1. The Hall–Kier alpha value is -2.14. The van der Waals surface area contributed by atoms with E-state index in [0.29, 0.717) is 5.69 Å². The van der Waals surface area contributed by atoms with E-state index in [1.807, 2.05) is 0 Å². The van der Waals surface area contributed by atoms with Crippen molar-refractivity contribution in [2.24, 2.45) is 29.1 Å². The van der Waals surface area contributed by atoms with Gasteiger partial charge in [-0.05, 0) is 48.3 Å². The quantitative estimate of drug-likeness (QED) is 0.464. The summed E-state index contributed by atoms with van der Waals surface area (Å²) in [4.78, 5) is 39.2. The fourth-order valence-corrected chi connectivity index (χ4v) is 5.45. The topological polar surface area (TPSA) is 63.7 Å². The molecule has 0 radical (unpaired) electrons. The number of anilines is 1. The first kappa shape index (κ1) is 15.1. The van der Waals surface area contributed by atoms with Gasteiger partial charge in [0.25, 0.3) is 0 Å². The number of imide groups is 1. The molecule has 2 amide bonds. The fraction of sp³-hybridized carbons (Fsp3) is 0.421. The highest BCUT2D eigenvalue weighted by atomic mass is 35.5. The molecule has 6 heteroatoms. The highest BCUT2D eigenvalue weighted by molar-refractivity contribution is 6.34. The third kappa shape index (κ3) is 1.72. The van der Waals surface area contributed by atoms with Gasteiger partial charge in [0.1, 0.15) is 0 Å². The number of nitrogens with zero attached hydrogens (tertiary/aromatic N) is 1. The SMILES string of the molecule is COC(=O)c1cc(N2C(=O)[C@@H]3[C@H](C2=O)[C@@H]2C=C[C@H]3C23CC3)ccc1Cl. The van der Waals surface area contributed by atoms with Crippen molar-refractivity contribution in [3.05, 3.63) is 40.9 Å². The van der Waals surface area contributed by atoms with Crippen molar-refractivity contribution < 1.29 is 19.1 Å². The predicted octanol–water partition coefficient (Wildman–Crippen LogP) is 2.83. The lowest BCUT2D eigenvalue weighted by Gasteiger charge is -2.22. The summed E-state index contributed by atoms with van der Waals surface area (Å²) in [5.74, 6) is -1.07. The monoisotopic (exact) mass is 357 g/mol. The largest absolute Gasteiger partial charge is 0.465 e. The second-order valence-electron chi connectivity index (χ2n) is 7.39. The van der Waals surface area contributed by atoms with E-state index in [-0.39, 0.29) is 51.5 Å². The Bertz CT molecular complexity index is 838. The first-order chi connectivity index (χ1) is 12.0. The second kappa shape index (κ2) is 4.73. The molecule has 5 nitrogen and oxygen atoms in total. The number of ether oxygens (including phenoxy) is 1. The van der Waals surface area contributed by atoms with Crippen LogP contribution >= 0.6 is 11.6 Å². The van der Waals surface area contributed by atoms with Crippen LogP contribution in [0.5, 0.6) is 0 Å². The van der Waals surface area contributed by atoms with E-state index >= 15 is 0 Å². The molecule has 128 valence electrons. The number of halogens is 1. The summed E-state index contributed by atoms with van der Waals surface area (Å²) in [7, 11) is 1.26. The van der Waals surface area contributed by atoms with Gasteiger partial charge < -0.3 is 4.74 Å². The number of allylic oxidation sites excluding steroid dienone is 2. The van der Waals surface area contributed by atoms with Gasteiger partial charge in [-0.15, -0.1) is 0 Å². The van der Waals surface area contributed by atoms with Gasteiger partial charge >= 0.3 is 5.97 Å². The molecular formula is C19H16ClNO4. The molecule has 5 rings (SSSR count). The maximum absolute atomic E-state index is 13.1. The molecule has 1 aromatic rings. The van der Waals surface area contributed by atoms with Crippen LogP contribution in [0.1, 0.15) is 23.2 Å². The number of amides is 2. The summed E-state index contributed by atoms with van der Waals surface area (Å²) in [6, 6.07) is 4.59. The minimum absolute atomic E-state index is 0.152. The van der Waals surface area contributed by atoms with Gasteiger partial charge in [0.15, 0.2) is 0 Å². The molecule has 0 unspecified atom stereocenters. The van der Waals surface area contributed by atoms with Gasteiger partial charge in [-0.1, -0.05) is 23.8 Å². The van der Waals surface area contributed by atoms with Crippen LogP contribution in [0.2, 0.25) is 5.02 Å². The number of methoxy groups -OCH3 is 1. The first-order valence-electron chi connectivity index (χ1n) is 8.43. The zero-order valence-corrected chi connectivity index (χ0v) is 14.3. The molecule has 0 N–H and O–H groups in total. The number of hydrogen-bond acceptors (Lipinski definition) is 4. The lowest BCUT2D eigenvalue weighted by Crippen LogP contribution is -2.34. The molecule has 4 aliphatic rings. The Morgan fingerprint density at radius 3 is 2.28 bits per heavy atom. The molecule has 1 spiro atoms. The molecule has 2 bridgehead atoms. The normalized spacial score (nSPS) is 33.3. The predicted molar refractivity (Wildman–Crippen MR) is 90.1 cm³/mol. The van der Waals surface area contributed by atoms with E-state index in [1.165, 1.54) is 24.1 Å². The zero-order valence-electron chi connectivity index (χ0n) is 13.6. The Balaban J connectivity index is 1.54. The van der Waals surface area contributed by atoms with Crippen LogP contribution in [0.25, 0.3) is 0 Å². The first-order valence-corrected chi connectivity index (χ1v) is 8.81. The second-order valence-corrected chi connectivity index (χ2v) is 7.80. The summed E-state index contributed by atoms with van der Waals surface area (Å²) in [5, 5.41) is 0.230. The zero-order chi connectivity index (χ0) is 17.5. The summed E-state index contributed by atoms with van der Waals surface area (Å²) >= 11 is 6.05. The maximum Gasteiger partial charge on any atom is 0.339 e. The Kier molecular flexibility index (Phi) is 2.86. The Labute approximate surface area is 149 Å². The third-order valence-corrected chi connectivity index (χ3v) is 6.80. The van der Waals surface area contributed by atoms with E-state index in [2.05, 4.69) is 12.2 Å². The van der Waals surface area contributed by atoms with Gasteiger partial charge in [0.05, 0.1) is 35.2 Å². The average Bonchev–Trinajstić information content (AvgIpc) is 3.20. The van der Waals surface area contributed by atoms with Crippen molar-refractivity contribution in [3.63, 3.8) is 0 Å². The lowest BCUT2D eigenvalue weighted by atomic mass is 9.85. The summed E-state index contributed by atoms with van der Waals surface area (Å²) < 4.78 is 4.72. The number of fused-ring (bicyclic) bond motifs is 3. The van der Waals surface area contributed by atoms with Crippen molar-refractivity contribution in [1.29, 1.82) is 0 Å². The van der Waals surface area contributed by atoms with Crippen LogP contribution in [0, 0.1) is 29.1 Å². The molecule has 25 heavy (non-hydrogen) atoms. The molecule has 0 aromatic heterocycles. The van der Waals surface area contributed by atoms with Crippen LogP contribution in [-0.4, -0.2) is 24.9 Å². The highest BCUT2D eigenvalue weighted by Crippen LogP contribution is 2.73. The van der Waals surface area contributed by atoms with Crippen LogP contribution in [-0.2, 0) is 14.3 Å². The number of hydrogen-bond donors (Lipinski definition) is 0. The number of esters is 1. The number of carbonyl (C=O) groups is 3. The van der Waals surface area contributed by atoms with Crippen molar-refractivity contribution in [2.75, 3.05) is 12.0 Å². The number of rotatable bonds is 2. The van der Waals surface area contributed by atoms with E-state index in [0.717, 1.165) is 12.8 Å². The summed E-state index contributed by atoms with van der Waals surface area (Å²) in [6.07, 6.45) is 6.48. The van der Waals surface area contributed by atoms with Crippen LogP contribution < -0.4 is 4.90 Å². The van der Waals surface area contributed by atoms with Crippen LogP contribution in [0.4, 0.5) is 5.69 Å². The van der Waals surface area contributed by atoms with Crippen molar-refractivity contribution in [3.8, 4) is 0 Å². The molecule has 2 saturated carbocycles. The van der Waals surface area contributed by atoms with Crippen molar-refractivity contribution in [2.45, 2.75) is 12.8 Å². The minimum atomic E-state index is -0.593. The lowest BCUT2D eigenvalue weighted by molar-refractivity contribution is -0.123. The van der Waals surface area contributed by atoms with E-state index in [4.69, 9.17) is 16.3 Å². The molecule has 1 aliphatic heterocycles. The molecule has 1 heterocycles. The number of carbonyl (C=O) groups excluding carboxylic acids is 3. The van der Waals surface area contributed by atoms with Crippen LogP contribution in [0.3, 0.4) is 0 Å². The van der Waals surface area contributed by atoms with Gasteiger partial charge in [-0.25, -0.2) is 9.69 Å². The molecule has 1 saturated heterocycles. The smallest absolute Gasteiger partial charge is 0.339 e. The third-order valence-electron chi connectivity index (χ3n) is 6.47. The van der Waals surface area contributed by atoms with E-state index < -0.39 is 5.97 Å². The fourth-order valence-electron chi connectivity index (χ4n) is 5.25. The standard InChI is InChI=1S/C19H16ClNO4/c1-25-18(24)10-8-9(2-5-13(10)20)21-16(22)14-11-3-4-12(15(14)17(21)23)19(11)6-7-19/h2-5,8,11-12,14-15H,6-7H2,1H3/t11-,12+,14+,15-. The Morgan fingerprint density at radius 1 is 1.16 bits per heavy atom. The van der Waals surface area contributed by atoms with Gasteiger partial charge in [-0.3, -0.25) is 9.59 Å². The van der Waals surface area contributed by atoms with Crippen LogP contribution in [0.15, 0.2) is 30.4 Å². The highest BCUT2D eigenvalue weighted by Gasteiger charge is 2.73. The molecule has 3 fully saturated rings. The minimum Gasteiger partial charge on any atom is -0.465 e. The van der Waals surface area contributed by atoms with Gasteiger partial charge in [0.2, 0.25) is 11.8 Å². The van der Waals surface area contributed by atoms with Gasteiger partial charge in [0, 0.05) is 0 Å². The van der Waals surface area contributed by atoms with Gasteiger partial charge in [-0.2, -0.15) is 0 Å².